The van der Waals surface area contributed by atoms with Crippen molar-refractivity contribution in [1.82, 2.24) is 25.0 Å². The van der Waals surface area contributed by atoms with Gasteiger partial charge in [0.05, 0.1) is 36.3 Å². The van der Waals surface area contributed by atoms with Crippen LogP contribution in [0.3, 0.4) is 0 Å². The van der Waals surface area contributed by atoms with Crippen LogP contribution in [0.4, 0.5) is 5.82 Å². The first-order chi connectivity index (χ1) is 17.2. The molecule has 0 spiro atoms. The zero-order chi connectivity index (χ0) is 25.4. The molecular weight excluding hydrogens is 476 g/mol. The van der Waals surface area contributed by atoms with Crippen molar-refractivity contribution >= 4 is 21.6 Å². The minimum Gasteiger partial charge on any atom is -0.292 e. The van der Waals surface area contributed by atoms with Gasteiger partial charge in [0.1, 0.15) is 5.82 Å². The van der Waals surface area contributed by atoms with E-state index in [9.17, 15) is 13.2 Å². The monoisotopic (exact) mass is 502 g/mol. The first-order valence-corrected chi connectivity index (χ1v) is 13.7. The van der Waals surface area contributed by atoms with Crippen molar-refractivity contribution < 1.29 is 13.2 Å². The number of carbonyl (C=O) groups is 1. The van der Waals surface area contributed by atoms with Gasteiger partial charge in [0.25, 0.3) is 0 Å². The second-order valence-corrected chi connectivity index (χ2v) is 11.5. The molecule has 36 heavy (non-hydrogen) atoms. The Kier molecular flexibility index (Phi) is 6.13. The summed E-state index contributed by atoms with van der Waals surface area (Å²) in [5.41, 5.74) is 5.02. The van der Waals surface area contributed by atoms with E-state index in [0.29, 0.717) is 29.8 Å². The van der Waals surface area contributed by atoms with E-state index in [4.69, 9.17) is 4.98 Å². The molecular formula is C26H26N6O3S. The standard InChI is InChI=1S/C26H26N6O3S/c1-17(2)22-6-4-5-7-23(22)25-27-13-19-12-24(33)31(26(19)28-25)14-18-8-10-21(11-9-18)32-15-20(29-30-32)16-36(3,34)35/h4-11,13,15,17H,12,14,16H2,1-3H3. The fourth-order valence-corrected chi connectivity index (χ4v) is 5.00. The van der Waals surface area contributed by atoms with Crippen LogP contribution in [0.15, 0.2) is 60.9 Å². The van der Waals surface area contributed by atoms with Gasteiger partial charge in [0.2, 0.25) is 5.91 Å². The summed E-state index contributed by atoms with van der Waals surface area (Å²) in [7, 11) is -3.19. The third-order valence-corrected chi connectivity index (χ3v) is 6.88. The molecule has 0 atom stereocenters. The van der Waals surface area contributed by atoms with Crippen molar-refractivity contribution in [2.45, 2.75) is 38.5 Å². The highest BCUT2D eigenvalue weighted by Gasteiger charge is 2.30. The fourth-order valence-electron chi connectivity index (χ4n) is 4.33. The maximum Gasteiger partial charge on any atom is 0.233 e. The maximum absolute atomic E-state index is 12.9. The quantitative estimate of drug-likeness (QED) is 0.380. The predicted molar refractivity (Wildman–Crippen MR) is 136 cm³/mol. The molecule has 9 nitrogen and oxygen atoms in total. The Morgan fingerprint density at radius 3 is 2.53 bits per heavy atom. The summed E-state index contributed by atoms with van der Waals surface area (Å²) < 4.78 is 24.5. The van der Waals surface area contributed by atoms with Gasteiger partial charge in [-0.15, -0.1) is 5.10 Å². The number of nitrogens with zero attached hydrogens (tertiary/aromatic N) is 6. The number of rotatable bonds is 7. The van der Waals surface area contributed by atoms with Gasteiger partial charge in [-0.2, -0.15) is 0 Å². The molecule has 4 aromatic rings. The normalized spacial score (nSPS) is 13.4. The summed E-state index contributed by atoms with van der Waals surface area (Å²) >= 11 is 0. The Balaban J connectivity index is 1.38. The van der Waals surface area contributed by atoms with Crippen molar-refractivity contribution in [3.63, 3.8) is 0 Å². The first kappa shape index (κ1) is 23.8. The number of fused-ring (bicyclic) bond motifs is 1. The maximum atomic E-state index is 12.9. The van der Waals surface area contributed by atoms with Crippen molar-refractivity contribution in [1.29, 1.82) is 0 Å². The van der Waals surface area contributed by atoms with Crippen LogP contribution in [0.5, 0.6) is 0 Å². The lowest BCUT2D eigenvalue weighted by Crippen LogP contribution is -2.26. The molecule has 3 heterocycles. The molecule has 0 bridgehead atoms. The van der Waals surface area contributed by atoms with Gasteiger partial charge in [-0.1, -0.05) is 55.5 Å². The Bertz CT molecular complexity index is 1540. The van der Waals surface area contributed by atoms with Gasteiger partial charge in [0, 0.05) is 23.6 Å². The van der Waals surface area contributed by atoms with Gasteiger partial charge in [-0.25, -0.2) is 23.1 Å². The van der Waals surface area contributed by atoms with E-state index in [-0.39, 0.29) is 18.1 Å². The molecule has 0 fully saturated rings. The lowest BCUT2D eigenvalue weighted by molar-refractivity contribution is -0.117. The van der Waals surface area contributed by atoms with E-state index >= 15 is 0 Å². The molecule has 10 heteroatoms. The molecule has 0 N–H and O–H groups in total. The van der Waals surface area contributed by atoms with E-state index in [1.807, 2.05) is 42.5 Å². The lowest BCUT2D eigenvalue weighted by Gasteiger charge is -2.18. The summed E-state index contributed by atoms with van der Waals surface area (Å²) in [6.07, 6.45) is 4.80. The molecule has 1 amide bonds. The zero-order valence-electron chi connectivity index (χ0n) is 20.3. The average Bonchev–Trinajstić information content (AvgIpc) is 3.42. The van der Waals surface area contributed by atoms with Crippen LogP contribution in [0.2, 0.25) is 0 Å². The summed E-state index contributed by atoms with van der Waals surface area (Å²) in [4.78, 5) is 23.9. The third kappa shape index (κ3) is 4.90. The first-order valence-electron chi connectivity index (χ1n) is 11.6. The van der Waals surface area contributed by atoms with Gasteiger partial charge in [-0.3, -0.25) is 9.69 Å². The van der Waals surface area contributed by atoms with Crippen LogP contribution >= 0.6 is 0 Å². The Morgan fingerprint density at radius 1 is 1.06 bits per heavy atom. The molecule has 2 aromatic carbocycles. The molecule has 1 aliphatic heterocycles. The van der Waals surface area contributed by atoms with E-state index in [1.54, 1.807) is 17.3 Å². The highest BCUT2D eigenvalue weighted by atomic mass is 32.2. The largest absolute Gasteiger partial charge is 0.292 e. The second-order valence-electron chi connectivity index (χ2n) is 9.33. The molecule has 2 aromatic heterocycles. The number of hydrogen-bond donors (Lipinski definition) is 0. The van der Waals surface area contributed by atoms with Crippen LogP contribution in [0.25, 0.3) is 17.1 Å². The third-order valence-electron chi connectivity index (χ3n) is 6.06. The Hall–Kier alpha value is -3.92. The average molecular weight is 503 g/mol. The predicted octanol–water partition coefficient (Wildman–Crippen LogP) is 3.48. The van der Waals surface area contributed by atoms with Crippen molar-refractivity contribution in [3.05, 3.63) is 83.3 Å². The van der Waals surface area contributed by atoms with E-state index < -0.39 is 9.84 Å². The number of anilines is 1. The van der Waals surface area contributed by atoms with E-state index in [2.05, 4.69) is 35.2 Å². The van der Waals surface area contributed by atoms with Crippen molar-refractivity contribution in [2.75, 3.05) is 11.2 Å². The minimum absolute atomic E-state index is 0.0145. The number of aromatic nitrogens is 5. The number of amides is 1. The van der Waals surface area contributed by atoms with Crippen LogP contribution in [-0.2, 0) is 33.4 Å². The Morgan fingerprint density at radius 2 is 1.81 bits per heavy atom. The molecule has 0 radical (unpaired) electrons. The van der Waals surface area contributed by atoms with Gasteiger partial charge in [-0.05, 0) is 29.2 Å². The summed E-state index contributed by atoms with van der Waals surface area (Å²) in [5, 5.41) is 7.96. The highest BCUT2D eigenvalue weighted by Crippen LogP contribution is 2.32. The molecule has 0 aliphatic carbocycles. The topological polar surface area (TPSA) is 111 Å². The van der Waals surface area contributed by atoms with Gasteiger partial charge < -0.3 is 0 Å². The van der Waals surface area contributed by atoms with Crippen molar-refractivity contribution in [2.24, 2.45) is 0 Å². The smallest absolute Gasteiger partial charge is 0.233 e. The van der Waals surface area contributed by atoms with Crippen LogP contribution in [0.1, 0.15) is 42.1 Å². The second kappa shape index (κ2) is 9.27. The van der Waals surface area contributed by atoms with Crippen LogP contribution in [0, 0.1) is 0 Å². The number of carbonyl (C=O) groups excluding carboxylic acids is 1. The summed E-state index contributed by atoms with van der Waals surface area (Å²) in [6.45, 7) is 4.65. The lowest BCUT2D eigenvalue weighted by atomic mass is 9.97. The molecule has 0 saturated carbocycles. The number of hydrogen-bond acceptors (Lipinski definition) is 7. The number of benzene rings is 2. The SMILES string of the molecule is CC(C)c1ccccc1-c1ncc2c(n1)N(Cc1ccc(-n3cc(CS(C)(=O)=O)nn3)cc1)C(=O)C2. The van der Waals surface area contributed by atoms with E-state index in [0.717, 1.165) is 34.2 Å². The molecule has 184 valence electrons. The molecule has 0 unspecified atom stereocenters. The molecule has 0 saturated heterocycles. The molecule has 1 aliphatic rings. The fraction of sp³-hybridized carbons (Fsp3) is 0.269. The summed E-state index contributed by atoms with van der Waals surface area (Å²) in [6, 6.07) is 15.6. The summed E-state index contributed by atoms with van der Waals surface area (Å²) in [5.74, 6) is 1.41. The Labute approximate surface area is 209 Å². The zero-order valence-corrected chi connectivity index (χ0v) is 21.1. The minimum atomic E-state index is -3.19. The van der Waals surface area contributed by atoms with E-state index in [1.165, 1.54) is 4.68 Å². The number of sulfone groups is 1. The highest BCUT2D eigenvalue weighted by molar-refractivity contribution is 7.89. The van der Waals surface area contributed by atoms with Crippen molar-refractivity contribution in [3.8, 4) is 17.1 Å². The molecule has 5 rings (SSSR count). The van der Waals surface area contributed by atoms with Gasteiger partial charge >= 0.3 is 0 Å². The van der Waals surface area contributed by atoms with Crippen LogP contribution < -0.4 is 4.90 Å². The van der Waals surface area contributed by atoms with Gasteiger partial charge in [0.15, 0.2) is 15.7 Å². The van der Waals surface area contributed by atoms with Crippen LogP contribution in [-0.4, -0.2) is 45.5 Å².